The standard InChI is InChI=1S/C16H17Cl2NO2S3/c1-22-13-3-5-14(6-4-13)24(20,21)19-8-9-23-11-12-2-7-15(17)16(18)10-12/h2-7,10,19H,8-9,11H2,1H3. The summed E-state index contributed by atoms with van der Waals surface area (Å²) in [7, 11) is -3.45. The second-order valence-electron chi connectivity index (χ2n) is 4.87. The Kier molecular flexibility index (Phi) is 7.78. The van der Waals surface area contributed by atoms with Gasteiger partial charge in [0.2, 0.25) is 10.0 Å². The fraction of sp³-hybridized carbons (Fsp3) is 0.250. The molecule has 130 valence electrons. The highest BCUT2D eigenvalue weighted by atomic mass is 35.5. The summed E-state index contributed by atoms with van der Waals surface area (Å²) in [5.74, 6) is 1.42. The maximum absolute atomic E-state index is 12.2. The number of sulfonamides is 1. The Bertz CT molecular complexity index is 780. The molecule has 2 aromatic carbocycles. The molecule has 0 saturated heterocycles. The van der Waals surface area contributed by atoms with E-state index in [9.17, 15) is 8.42 Å². The molecule has 2 aromatic rings. The number of hydrogen-bond donors (Lipinski definition) is 1. The molecule has 0 atom stereocenters. The molecule has 0 radical (unpaired) electrons. The van der Waals surface area contributed by atoms with E-state index in [1.54, 1.807) is 53.9 Å². The highest BCUT2D eigenvalue weighted by Gasteiger charge is 2.12. The third-order valence-corrected chi connectivity index (χ3v) is 7.15. The zero-order chi connectivity index (χ0) is 17.6. The summed E-state index contributed by atoms with van der Waals surface area (Å²) in [5, 5.41) is 1.06. The largest absolute Gasteiger partial charge is 0.240 e. The van der Waals surface area contributed by atoms with Gasteiger partial charge in [0, 0.05) is 22.9 Å². The lowest BCUT2D eigenvalue weighted by molar-refractivity contribution is 0.584. The lowest BCUT2D eigenvalue weighted by Gasteiger charge is -2.08. The number of nitrogens with one attached hydrogen (secondary N) is 1. The van der Waals surface area contributed by atoms with E-state index in [-0.39, 0.29) is 4.90 Å². The van der Waals surface area contributed by atoms with E-state index in [1.165, 1.54) is 0 Å². The van der Waals surface area contributed by atoms with E-state index in [0.29, 0.717) is 22.3 Å². The van der Waals surface area contributed by atoms with Gasteiger partial charge in [0.15, 0.2) is 0 Å². The predicted octanol–water partition coefficient (Wildman–Crippen LogP) is 4.93. The molecule has 0 aromatic heterocycles. The molecule has 0 aliphatic rings. The fourth-order valence-corrected chi connectivity index (χ4v) is 4.60. The smallest absolute Gasteiger partial charge is 0.210 e. The summed E-state index contributed by atoms with van der Waals surface area (Å²) >= 11 is 15.1. The Morgan fingerprint density at radius 2 is 1.75 bits per heavy atom. The van der Waals surface area contributed by atoms with Crippen LogP contribution in [0.15, 0.2) is 52.3 Å². The van der Waals surface area contributed by atoms with Crippen molar-refractivity contribution in [2.45, 2.75) is 15.5 Å². The monoisotopic (exact) mass is 421 g/mol. The first-order valence-corrected chi connectivity index (χ1v) is 11.7. The van der Waals surface area contributed by atoms with Crippen LogP contribution in [0.4, 0.5) is 0 Å². The SMILES string of the molecule is CSc1ccc(S(=O)(=O)NCCSCc2ccc(Cl)c(Cl)c2)cc1. The van der Waals surface area contributed by atoms with Crippen molar-refractivity contribution in [1.82, 2.24) is 4.72 Å². The van der Waals surface area contributed by atoms with Gasteiger partial charge >= 0.3 is 0 Å². The van der Waals surface area contributed by atoms with Crippen LogP contribution >= 0.6 is 46.7 Å². The van der Waals surface area contributed by atoms with Crippen LogP contribution < -0.4 is 4.72 Å². The van der Waals surface area contributed by atoms with E-state index >= 15 is 0 Å². The zero-order valence-electron chi connectivity index (χ0n) is 13.0. The highest BCUT2D eigenvalue weighted by molar-refractivity contribution is 7.98. The van der Waals surface area contributed by atoms with Crippen LogP contribution in [0.2, 0.25) is 10.0 Å². The molecule has 0 aliphatic carbocycles. The van der Waals surface area contributed by atoms with Crippen LogP contribution in [-0.4, -0.2) is 27.0 Å². The quantitative estimate of drug-likeness (QED) is 0.484. The molecule has 1 N–H and O–H groups in total. The van der Waals surface area contributed by atoms with Gasteiger partial charge in [-0.1, -0.05) is 29.3 Å². The molecule has 2 rings (SSSR count). The molecular weight excluding hydrogens is 405 g/mol. The van der Waals surface area contributed by atoms with Gasteiger partial charge in [-0.25, -0.2) is 13.1 Å². The van der Waals surface area contributed by atoms with Crippen LogP contribution in [0.3, 0.4) is 0 Å². The summed E-state index contributed by atoms with van der Waals surface area (Å²) in [4.78, 5) is 1.32. The summed E-state index contributed by atoms with van der Waals surface area (Å²) in [6.07, 6.45) is 1.95. The molecule has 0 bridgehead atoms. The minimum atomic E-state index is -3.45. The van der Waals surface area contributed by atoms with Crippen molar-refractivity contribution < 1.29 is 8.42 Å². The fourth-order valence-electron chi connectivity index (χ4n) is 1.91. The molecule has 3 nitrogen and oxygen atoms in total. The first kappa shape index (κ1) is 19.9. The molecule has 0 amide bonds. The van der Waals surface area contributed by atoms with Crippen molar-refractivity contribution in [3.05, 3.63) is 58.1 Å². The van der Waals surface area contributed by atoms with Crippen molar-refractivity contribution in [3.63, 3.8) is 0 Å². The van der Waals surface area contributed by atoms with Gasteiger partial charge in [0.25, 0.3) is 0 Å². The second-order valence-corrected chi connectivity index (χ2v) is 9.44. The van der Waals surface area contributed by atoms with Gasteiger partial charge in [-0.2, -0.15) is 11.8 Å². The minimum absolute atomic E-state index is 0.287. The molecular formula is C16H17Cl2NO2S3. The summed E-state index contributed by atoms with van der Waals surface area (Å²) in [6, 6.07) is 12.4. The Morgan fingerprint density at radius 1 is 1.04 bits per heavy atom. The molecule has 0 heterocycles. The minimum Gasteiger partial charge on any atom is -0.210 e. The molecule has 0 aliphatic heterocycles. The van der Waals surface area contributed by atoms with E-state index in [1.807, 2.05) is 18.4 Å². The number of thioether (sulfide) groups is 2. The molecule has 8 heteroatoms. The van der Waals surface area contributed by atoms with Gasteiger partial charge in [0.05, 0.1) is 14.9 Å². The average molecular weight is 422 g/mol. The Balaban J connectivity index is 1.79. The first-order valence-electron chi connectivity index (χ1n) is 7.08. The van der Waals surface area contributed by atoms with E-state index in [2.05, 4.69) is 4.72 Å². The zero-order valence-corrected chi connectivity index (χ0v) is 16.9. The van der Waals surface area contributed by atoms with E-state index < -0.39 is 10.0 Å². The van der Waals surface area contributed by atoms with Crippen LogP contribution in [0.25, 0.3) is 0 Å². The summed E-state index contributed by atoms with van der Waals surface area (Å²) in [6.45, 7) is 0.374. The number of rotatable bonds is 8. The van der Waals surface area contributed by atoms with E-state index in [4.69, 9.17) is 23.2 Å². The van der Waals surface area contributed by atoms with Gasteiger partial charge in [0.1, 0.15) is 0 Å². The summed E-state index contributed by atoms with van der Waals surface area (Å²) < 4.78 is 27.0. The Morgan fingerprint density at radius 3 is 2.38 bits per heavy atom. The lowest BCUT2D eigenvalue weighted by atomic mass is 10.2. The van der Waals surface area contributed by atoms with Gasteiger partial charge in [-0.15, -0.1) is 11.8 Å². The summed E-state index contributed by atoms with van der Waals surface area (Å²) in [5.41, 5.74) is 1.06. The highest BCUT2D eigenvalue weighted by Crippen LogP contribution is 2.24. The van der Waals surface area contributed by atoms with Crippen molar-refractivity contribution in [1.29, 1.82) is 0 Å². The molecule has 0 spiro atoms. The second kappa shape index (κ2) is 9.36. The Labute approximate surface area is 161 Å². The van der Waals surface area contributed by atoms with Crippen LogP contribution in [0, 0.1) is 0 Å². The maximum atomic E-state index is 12.2. The molecule has 0 saturated carbocycles. The van der Waals surface area contributed by atoms with Crippen molar-refractivity contribution in [2.24, 2.45) is 0 Å². The van der Waals surface area contributed by atoms with Gasteiger partial charge in [-0.05, 0) is 48.2 Å². The molecule has 24 heavy (non-hydrogen) atoms. The van der Waals surface area contributed by atoms with Gasteiger partial charge < -0.3 is 0 Å². The lowest BCUT2D eigenvalue weighted by Crippen LogP contribution is -2.26. The van der Waals surface area contributed by atoms with Gasteiger partial charge in [-0.3, -0.25) is 0 Å². The number of hydrogen-bond acceptors (Lipinski definition) is 4. The Hall–Kier alpha value is -0.370. The maximum Gasteiger partial charge on any atom is 0.240 e. The van der Waals surface area contributed by atoms with Crippen LogP contribution in [-0.2, 0) is 15.8 Å². The average Bonchev–Trinajstić information content (AvgIpc) is 2.57. The topological polar surface area (TPSA) is 46.2 Å². The first-order chi connectivity index (χ1) is 11.4. The third-order valence-electron chi connectivity index (χ3n) is 3.16. The number of halogens is 2. The van der Waals surface area contributed by atoms with Crippen molar-refractivity contribution >= 4 is 56.7 Å². The predicted molar refractivity (Wildman–Crippen MR) is 106 cm³/mol. The van der Waals surface area contributed by atoms with Crippen LogP contribution in [0.1, 0.15) is 5.56 Å². The van der Waals surface area contributed by atoms with Crippen molar-refractivity contribution in [3.8, 4) is 0 Å². The third kappa shape index (κ3) is 5.86. The van der Waals surface area contributed by atoms with Crippen LogP contribution in [0.5, 0.6) is 0 Å². The van der Waals surface area contributed by atoms with Crippen molar-refractivity contribution in [2.75, 3.05) is 18.6 Å². The molecule has 0 unspecified atom stereocenters. The molecule has 0 fully saturated rings. The normalized spacial score (nSPS) is 11.6. The van der Waals surface area contributed by atoms with E-state index in [0.717, 1.165) is 16.2 Å². The number of benzene rings is 2.